The zero-order valence-electron chi connectivity index (χ0n) is 13.4. The van der Waals surface area contributed by atoms with Crippen molar-refractivity contribution in [3.05, 3.63) is 78.4 Å². The second kappa shape index (κ2) is 7.13. The fraction of sp³-hybridized carbons (Fsp3) is 0.200. The van der Waals surface area contributed by atoms with Gasteiger partial charge in [0.2, 0.25) is 0 Å². The van der Waals surface area contributed by atoms with E-state index in [0.717, 1.165) is 5.56 Å². The maximum Gasteiger partial charge on any atom is 0.414 e. The van der Waals surface area contributed by atoms with Gasteiger partial charge in [0, 0.05) is 18.0 Å². The van der Waals surface area contributed by atoms with Crippen molar-refractivity contribution in [3.8, 4) is 0 Å². The Morgan fingerprint density at radius 1 is 1.17 bits per heavy atom. The van der Waals surface area contributed by atoms with E-state index < -0.39 is 6.09 Å². The molecule has 122 valence electrons. The van der Waals surface area contributed by atoms with E-state index in [1.165, 1.54) is 0 Å². The molecule has 1 atom stereocenters. The molecule has 0 aliphatic carbocycles. The molecule has 0 aromatic heterocycles. The van der Waals surface area contributed by atoms with Gasteiger partial charge in [-0.25, -0.2) is 4.79 Å². The molecular formula is C20H19NO3. The van der Waals surface area contributed by atoms with Crippen molar-refractivity contribution in [1.82, 2.24) is 0 Å². The second-order valence-corrected chi connectivity index (χ2v) is 5.75. The smallest absolute Gasteiger partial charge is 0.414 e. The van der Waals surface area contributed by atoms with Gasteiger partial charge in [0.1, 0.15) is 6.61 Å². The second-order valence-electron chi connectivity index (χ2n) is 5.75. The van der Waals surface area contributed by atoms with Crippen molar-refractivity contribution in [3.63, 3.8) is 0 Å². The highest BCUT2D eigenvalue weighted by atomic mass is 16.6. The fourth-order valence-corrected chi connectivity index (χ4v) is 2.89. The number of allylic oxidation sites excluding steroid dienone is 1. The summed E-state index contributed by atoms with van der Waals surface area (Å²) >= 11 is 0. The van der Waals surface area contributed by atoms with Gasteiger partial charge in [-0.2, -0.15) is 0 Å². The van der Waals surface area contributed by atoms with Gasteiger partial charge >= 0.3 is 6.09 Å². The topological polar surface area (TPSA) is 46.6 Å². The highest BCUT2D eigenvalue weighted by Gasteiger charge is 2.34. The summed E-state index contributed by atoms with van der Waals surface area (Å²) in [6.07, 6.45) is 1.81. The van der Waals surface area contributed by atoms with E-state index in [1.54, 1.807) is 29.2 Å². The molecule has 3 rings (SSSR count). The Hall–Kier alpha value is -2.88. The molecule has 1 unspecified atom stereocenters. The summed E-state index contributed by atoms with van der Waals surface area (Å²) < 4.78 is 5.44. The lowest BCUT2D eigenvalue weighted by Gasteiger charge is -2.32. The van der Waals surface area contributed by atoms with Crippen LogP contribution in [0.15, 0.2) is 67.3 Å². The number of benzene rings is 2. The number of amides is 1. The Bertz CT molecular complexity index is 754. The maximum absolute atomic E-state index is 12.6. The maximum atomic E-state index is 12.6. The lowest BCUT2D eigenvalue weighted by molar-refractivity contribution is 0.0912. The summed E-state index contributed by atoms with van der Waals surface area (Å²) in [5.41, 5.74) is 2.10. The molecule has 0 saturated carbocycles. The molecule has 1 aliphatic heterocycles. The number of para-hydroxylation sites is 1. The normalized spacial score (nSPS) is 16.4. The largest absolute Gasteiger partial charge is 0.444 e. The Labute approximate surface area is 141 Å². The van der Waals surface area contributed by atoms with Crippen molar-refractivity contribution < 1.29 is 14.3 Å². The van der Waals surface area contributed by atoms with E-state index in [1.807, 2.05) is 36.4 Å². The SMILES string of the molecule is C=CCC1CN(C(=O)OCc2ccccc2)c2ccccc2C1=O. The van der Waals surface area contributed by atoms with Crippen molar-refractivity contribution in [2.75, 3.05) is 11.4 Å². The minimum atomic E-state index is -0.437. The van der Waals surface area contributed by atoms with E-state index in [2.05, 4.69) is 6.58 Å². The lowest BCUT2D eigenvalue weighted by Crippen LogP contribution is -2.43. The number of ketones is 1. The molecule has 4 heteroatoms. The molecule has 24 heavy (non-hydrogen) atoms. The first-order valence-corrected chi connectivity index (χ1v) is 7.93. The van der Waals surface area contributed by atoms with E-state index in [4.69, 9.17) is 4.74 Å². The molecule has 4 nitrogen and oxygen atoms in total. The molecule has 2 aromatic rings. The van der Waals surface area contributed by atoms with Crippen LogP contribution in [0.3, 0.4) is 0 Å². The van der Waals surface area contributed by atoms with Crippen LogP contribution in [-0.4, -0.2) is 18.4 Å². The standard InChI is InChI=1S/C20H19NO3/c1-2-8-16-13-21(18-12-7-6-11-17(18)19(16)22)20(23)24-14-15-9-4-3-5-10-15/h2-7,9-12,16H,1,8,13-14H2. The number of Topliss-reactive ketones (excluding diaryl/α,β-unsaturated/α-hetero) is 1. The Morgan fingerprint density at radius 2 is 1.88 bits per heavy atom. The minimum Gasteiger partial charge on any atom is -0.444 e. The van der Waals surface area contributed by atoms with Gasteiger partial charge in [0.25, 0.3) is 0 Å². The zero-order chi connectivity index (χ0) is 16.9. The highest BCUT2D eigenvalue weighted by molar-refractivity contribution is 6.08. The van der Waals surface area contributed by atoms with Crippen LogP contribution in [0.4, 0.5) is 10.5 Å². The lowest BCUT2D eigenvalue weighted by atomic mass is 9.89. The quantitative estimate of drug-likeness (QED) is 0.792. The summed E-state index contributed by atoms with van der Waals surface area (Å²) in [6.45, 7) is 4.23. The third-order valence-electron chi connectivity index (χ3n) is 4.11. The number of rotatable bonds is 4. The average Bonchev–Trinajstić information content (AvgIpc) is 2.63. The van der Waals surface area contributed by atoms with Gasteiger partial charge in [-0.1, -0.05) is 48.5 Å². The van der Waals surface area contributed by atoms with Crippen LogP contribution in [0.5, 0.6) is 0 Å². The molecule has 1 aliphatic rings. The summed E-state index contributed by atoms with van der Waals surface area (Å²) in [4.78, 5) is 26.6. The molecule has 0 N–H and O–H groups in total. The first-order chi connectivity index (χ1) is 11.7. The predicted octanol–water partition coefficient (Wildman–Crippen LogP) is 4.22. The Kier molecular flexibility index (Phi) is 4.75. The molecule has 0 radical (unpaired) electrons. The van der Waals surface area contributed by atoms with E-state index in [0.29, 0.717) is 24.2 Å². The number of carbonyl (C=O) groups excluding carboxylic acids is 2. The van der Waals surface area contributed by atoms with Gasteiger partial charge in [0.05, 0.1) is 5.69 Å². The molecule has 1 amide bonds. The van der Waals surface area contributed by atoms with Crippen LogP contribution in [0, 0.1) is 5.92 Å². The third kappa shape index (κ3) is 3.23. The third-order valence-corrected chi connectivity index (χ3v) is 4.11. The molecule has 0 spiro atoms. The zero-order valence-corrected chi connectivity index (χ0v) is 13.4. The monoisotopic (exact) mass is 321 g/mol. The number of nitrogens with zero attached hydrogens (tertiary/aromatic N) is 1. The molecule has 2 aromatic carbocycles. The Morgan fingerprint density at radius 3 is 2.62 bits per heavy atom. The first-order valence-electron chi connectivity index (χ1n) is 7.93. The molecule has 0 fully saturated rings. The molecule has 0 bridgehead atoms. The van der Waals surface area contributed by atoms with Crippen molar-refractivity contribution >= 4 is 17.6 Å². The minimum absolute atomic E-state index is 0.0533. The van der Waals surface area contributed by atoms with Crippen molar-refractivity contribution in [2.45, 2.75) is 13.0 Å². The van der Waals surface area contributed by atoms with Crippen LogP contribution in [0.2, 0.25) is 0 Å². The summed E-state index contributed by atoms with van der Waals surface area (Å²) in [5, 5.41) is 0. The van der Waals surface area contributed by atoms with Gasteiger partial charge in [-0.15, -0.1) is 6.58 Å². The number of hydrogen-bond donors (Lipinski definition) is 0. The van der Waals surface area contributed by atoms with E-state index in [9.17, 15) is 9.59 Å². The fourth-order valence-electron chi connectivity index (χ4n) is 2.89. The van der Waals surface area contributed by atoms with Crippen LogP contribution in [-0.2, 0) is 11.3 Å². The number of hydrogen-bond acceptors (Lipinski definition) is 3. The van der Waals surface area contributed by atoms with Gasteiger partial charge in [-0.05, 0) is 24.1 Å². The van der Waals surface area contributed by atoms with Gasteiger partial charge in [0.15, 0.2) is 5.78 Å². The van der Waals surface area contributed by atoms with Crippen molar-refractivity contribution in [1.29, 1.82) is 0 Å². The van der Waals surface area contributed by atoms with Crippen LogP contribution in [0.25, 0.3) is 0 Å². The first kappa shape index (κ1) is 16.0. The number of carbonyl (C=O) groups is 2. The van der Waals surface area contributed by atoms with Crippen LogP contribution >= 0.6 is 0 Å². The number of fused-ring (bicyclic) bond motifs is 1. The van der Waals surface area contributed by atoms with Crippen LogP contribution < -0.4 is 4.90 Å². The summed E-state index contributed by atoms with van der Waals surface area (Å²) in [6, 6.07) is 16.7. The number of anilines is 1. The van der Waals surface area contributed by atoms with Gasteiger partial charge < -0.3 is 4.74 Å². The summed E-state index contributed by atoms with van der Waals surface area (Å²) in [5.74, 6) is -0.223. The van der Waals surface area contributed by atoms with Gasteiger partial charge in [-0.3, -0.25) is 9.69 Å². The highest BCUT2D eigenvalue weighted by Crippen LogP contribution is 2.31. The predicted molar refractivity (Wildman–Crippen MR) is 93.0 cm³/mol. The van der Waals surface area contributed by atoms with E-state index in [-0.39, 0.29) is 18.3 Å². The molecule has 1 heterocycles. The van der Waals surface area contributed by atoms with E-state index >= 15 is 0 Å². The average molecular weight is 321 g/mol. The molecular weight excluding hydrogens is 302 g/mol. The van der Waals surface area contributed by atoms with Crippen LogP contribution in [0.1, 0.15) is 22.3 Å². The molecule has 0 saturated heterocycles. The van der Waals surface area contributed by atoms with Crippen molar-refractivity contribution in [2.24, 2.45) is 5.92 Å². The Balaban J connectivity index is 1.80. The number of ether oxygens (including phenoxy) is 1. The summed E-state index contributed by atoms with van der Waals surface area (Å²) in [7, 11) is 0.